The Kier molecular flexibility index (Phi) is 3.44. The Balaban J connectivity index is 2.14. The Morgan fingerprint density at radius 1 is 1.47 bits per heavy atom. The van der Waals surface area contributed by atoms with Crippen molar-refractivity contribution in [2.75, 3.05) is 13.7 Å². The molecule has 0 radical (unpaired) electrons. The summed E-state index contributed by atoms with van der Waals surface area (Å²) in [5.41, 5.74) is 1.64. The first-order chi connectivity index (χ1) is 8.22. The van der Waals surface area contributed by atoms with Gasteiger partial charge in [-0.2, -0.15) is 0 Å². The largest absolute Gasteiger partial charge is 0.380 e. The number of aromatic amines is 1. The first-order valence-electron chi connectivity index (χ1n) is 5.59. The van der Waals surface area contributed by atoms with Gasteiger partial charge in [0, 0.05) is 30.8 Å². The van der Waals surface area contributed by atoms with Gasteiger partial charge >= 0.3 is 0 Å². The number of rotatable bonds is 4. The van der Waals surface area contributed by atoms with E-state index in [9.17, 15) is 4.79 Å². The first-order valence-corrected chi connectivity index (χ1v) is 5.59. The van der Waals surface area contributed by atoms with Gasteiger partial charge in [0.1, 0.15) is 0 Å². The molecule has 0 saturated heterocycles. The van der Waals surface area contributed by atoms with Crippen LogP contribution in [0.15, 0.2) is 30.5 Å². The number of hydrogen-bond acceptors (Lipinski definition) is 2. The summed E-state index contributed by atoms with van der Waals surface area (Å²) in [7, 11) is 1.63. The Morgan fingerprint density at radius 3 is 3.00 bits per heavy atom. The summed E-state index contributed by atoms with van der Waals surface area (Å²) >= 11 is 0. The van der Waals surface area contributed by atoms with Crippen molar-refractivity contribution in [1.29, 1.82) is 0 Å². The fraction of sp³-hybridized carbons (Fsp3) is 0.308. The molecule has 1 amide bonds. The molecule has 1 aromatic carbocycles. The van der Waals surface area contributed by atoms with E-state index in [2.05, 4.69) is 10.3 Å². The van der Waals surface area contributed by atoms with Crippen LogP contribution in [0.4, 0.5) is 0 Å². The van der Waals surface area contributed by atoms with Crippen LogP contribution in [0.5, 0.6) is 0 Å². The van der Waals surface area contributed by atoms with Crippen LogP contribution < -0.4 is 5.32 Å². The van der Waals surface area contributed by atoms with Crippen LogP contribution >= 0.6 is 0 Å². The van der Waals surface area contributed by atoms with E-state index in [1.165, 1.54) is 0 Å². The van der Waals surface area contributed by atoms with Gasteiger partial charge in [-0.1, -0.05) is 18.2 Å². The number of carbonyl (C=O) groups is 1. The van der Waals surface area contributed by atoms with Gasteiger partial charge in [-0.05, 0) is 13.0 Å². The van der Waals surface area contributed by atoms with E-state index in [4.69, 9.17) is 4.74 Å². The van der Waals surface area contributed by atoms with Crippen LogP contribution in [0.25, 0.3) is 10.9 Å². The first kappa shape index (κ1) is 11.7. The van der Waals surface area contributed by atoms with Gasteiger partial charge in [-0.3, -0.25) is 4.79 Å². The van der Waals surface area contributed by atoms with E-state index < -0.39 is 0 Å². The van der Waals surface area contributed by atoms with Crippen LogP contribution in [-0.2, 0) is 4.74 Å². The molecule has 0 bridgehead atoms. The highest BCUT2D eigenvalue weighted by Gasteiger charge is 2.11. The van der Waals surface area contributed by atoms with Gasteiger partial charge in [0.05, 0.1) is 11.7 Å². The van der Waals surface area contributed by atoms with Crippen molar-refractivity contribution in [3.8, 4) is 0 Å². The highest BCUT2D eigenvalue weighted by atomic mass is 16.5. The highest BCUT2D eigenvalue weighted by Crippen LogP contribution is 2.17. The summed E-state index contributed by atoms with van der Waals surface area (Å²) in [6.07, 6.45) is 1.75. The van der Waals surface area contributed by atoms with Crippen molar-refractivity contribution in [2.45, 2.75) is 13.0 Å². The number of carbonyl (C=O) groups excluding carboxylic acids is 1. The summed E-state index contributed by atoms with van der Waals surface area (Å²) in [5, 5.41) is 3.78. The predicted molar refractivity (Wildman–Crippen MR) is 67.1 cm³/mol. The zero-order valence-corrected chi connectivity index (χ0v) is 9.99. The van der Waals surface area contributed by atoms with E-state index >= 15 is 0 Å². The average Bonchev–Trinajstić information content (AvgIpc) is 2.79. The van der Waals surface area contributed by atoms with Crippen LogP contribution in [0, 0.1) is 0 Å². The number of ether oxygens (including phenoxy) is 1. The lowest BCUT2D eigenvalue weighted by Crippen LogP contribution is -2.31. The molecule has 1 heterocycles. The van der Waals surface area contributed by atoms with Gasteiger partial charge in [0.2, 0.25) is 0 Å². The smallest absolute Gasteiger partial charge is 0.253 e. The summed E-state index contributed by atoms with van der Waals surface area (Å²) in [6.45, 7) is 2.42. The summed E-state index contributed by atoms with van der Waals surface area (Å²) in [6, 6.07) is 7.74. The number of para-hydroxylation sites is 1. The van der Waals surface area contributed by atoms with Crippen molar-refractivity contribution < 1.29 is 9.53 Å². The van der Waals surface area contributed by atoms with Gasteiger partial charge in [0.25, 0.3) is 5.91 Å². The number of methoxy groups -OCH3 is 1. The van der Waals surface area contributed by atoms with Crippen molar-refractivity contribution in [1.82, 2.24) is 10.3 Å². The zero-order valence-electron chi connectivity index (χ0n) is 9.99. The molecule has 0 fully saturated rings. The van der Waals surface area contributed by atoms with Crippen molar-refractivity contribution in [3.05, 3.63) is 36.0 Å². The molecule has 2 aromatic rings. The molecule has 0 spiro atoms. The number of benzene rings is 1. The van der Waals surface area contributed by atoms with Crippen molar-refractivity contribution >= 4 is 16.8 Å². The maximum absolute atomic E-state index is 12.0. The van der Waals surface area contributed by atoms with Gasteiger partial charge in [-0.15, -0.1) is 0 Å². The molecule has 1 unspecified atom stereocenters. The second-order valence-corrected chi connectivity index (χ2v) is 4.00. The van der Waals surface area contributed by atoms with E-state index in [1.807, 2.05) is 31.2 Å². The molecule has 0 aliphatic rings. The van der Waals surface area contributed by atoms with Crippen molar-refractivity contribution in [3.63, 3.8) is 0 Å². The molecule has 4 heteroatoms. The maximum Gasteiger partial charge on any atom is 0.253 e. The number of aromatic nitrogens is 1. The average molecular weight is 232 g/mol. The topological polar surface area (TPSA) is 54.1 Å². The second kappa shape index (κ2) is 5.01. The molecule has 1 atom stereocenters. The maximum atomic E-state index is 12.0. The zero-order chi connectivity index (χ0) is 12.3. The van der Waals surface area contributed by atoms with Gasteiger partial charge in [0.15, 0.2) is 0 Å². The van der Waals surface area contributed by atoms with Crippen LogP contribution in [0.3, 0.4) is 0 Å². The fourth-order valence-corrected chi connectivity index (χ4v) is 1.67. The Bertz CT molecular complexity index is 519. The Hall–Kier alpha value is -1.81. The quantitative estimate of drug-likeness (QED) is 0.846. The molecule has 2 rings (SSSR count). The summed E-state index contributed by atoms with van der Waals surface area (Å²) in [5.74, 6) is -0.0775. The highest BCUT2D eigenvalue weighted by molar-refractivity contribution is 6.06. The third-order valence-corrected chi connectivity index (χ3v) is 2.79. The molecule has 90 valence electrons. The van der Waals surface area contributed by atoms with Crippen LogP contribution in [0.2, 0.25) is 0 Å². The minimum Gasteiger partial charge on any atom is -0.380 e. The van der Waals surface area contributed by atoms with E-state index in [-0.39, 0.29) is 12.0 Å². The molecular formula is C13H16N2O2. The molecule has 4 nitrogen and oxygen atoms in total. The third-order valence-electron chi connectivity index (χ3n) is 2.79. The minimum absolute atomic E-state index is 0.0177. The molecule has 17 heavy (non-hydrogen) atoms. The van der Waals surface area contributed by atoms with Crippen LogP contribution in [0.1, 0.15) is 17.3 Å². The normalized spacial score (nSPS) is 12.6. The SMILES string of the molecule is COC(C)CNC(=O)c1c[nH]c2ccccc12. The number of nitrogens with one attached hydrogen (secondary N) is 2. The molecule has 0 aliphatic carbocycles. The van der Waals surface area contributed by atoms with E-state index in [0.29, 0.717) is 12.1 Å². The third kappa shape index (κ3) is 2.47. The lowest BCUT2D eigenvalue weighted by Gasteiger charge is -2.10. The molecular weight excluding hydrogens is 216 g/mol. The number of amides is 1. The fourth-order valence-electron chi connectivity index (χ4n) is 1.67. The standard InChI is InChI=1S/C13H16N2O2/c1-9(17-2)7-15-13(16)11-8-14-12-6-4-3-5-10(11)12/h3-6,8-9,14H,7H2,1-2H3,(H,15,16). The van der Waals surface area contributed by atoms with E-state index in [1.54, 1.807) is 13.3 Å². The lowest BCUT2D eigenvalue weighted by molar-refractivity contribution is 0.0872. The van der Waals surface area contributed by atoms with E-state index in [0.717, 1.165) is 10.9 Å². The monoisotopic (exact) mass is 232 g/mol. The van der Waals surface area contributed by atoms with Crippen molar-refractivity contribution in [2.24, 2.45) is 0 Å². The number of hydrogen-bond donors (Lipinski definition) is 2. The molecule has 1 aromatic heterocycles. The number of fused-ring (bicyclic) bond motifs is 1. The van der Waals surface area contributed by atoms with Crippen LogP contribution in [-0.4, -0.2) is 30.6 Å². The lowest BCUT2D eigenvalue weighted by atomic mass is 10.1. The molecule has 0 saturated carbocycles. The molecule has 0 aliphatic heterocycles. The van der Waals surface area contributed by atoms with Gasteiger partial charge < -0.3 is 15.0 Å². The predicted octanol–water partition coefficient (Wildman–Crippen LogP) is 1.93. The molecule has 2 N–H and O–H groups in total. The van der Waals surface area contributed by atoms with Gasteiger partial charge in [-0.25, -0.2) is 0 Å². The minimum atomic E-state index is -0.0775. The number of H-pyrrole nitrogens is 1. The Morgan fingerprint density at radius 2 is 2.24 bits per heavy atom. The second-order valence-electron chi connectivity index (χ2n) is 4.00. The summed E-state index contributed by atoms with van der Waals surface area (Å²) < 4.78 is 5.08. The Labute approximate surface area is 100.0 Å². The summed E-state index contributed by atoms with van der Waals surface area (Å²) in [4.78, 5) is 15.0.